The van der Waals surface area contributed by atoms with Gasteiger partial charge in [-0.25, -0.2) is 9.97 Å². The molecule has 1 atom stereocenters. The molecule has 0 aromatic carbocycles. The van der Waals surface area contributed by atoms with Crippen molar-refractivity contribution in [3.63, 3.8) is 0 Å². The quantitative estimate of drug-likeness (QED) is 0.646. The summed E-state index contributed by atoms with van der Waals surface area (Å²) in [6.07, 6.45) is 3.51. The summed E-state index contributed by atoms with van der Waals surface area (Å²) >= 11 is 5.81. The van der Waals surface area contributed by atoms with Crippen molar-refractivity contribution in [2.75, 3.05) is 11.9 Å². The lowest BCUT2D eigenvalue weighted by Crippen LogP contribution is -2.47. The Balaban J connectivity index is 2.20. The zero-order valence-corrected chi connectivity index (χ0v) is 9.95. The molecule has 1 spiro atoms. The number of aromatic nitrogens is 2. The molecule has 5 heteroatoms. The van der Waals surface area contributed by atoms with Gasteiger partial charge >= 0.3 is 0 Å². The first kappa shape index (κ1) is 10.0. The number of hydrogen-bond donors (Lipinski definition) is 0. The molecule has 0 amide bonds. The van der Waals surface area contributed by atoms with Crippen molar-refractivity contribution < 1.29 is 4.79 Å². The number of carbonyl (C=O) groups excluding carboxylic acids is 1. The Hall–Kier alpha value is -1.16. The number of likely N-dealkylation sites (N-methyl/N-ethyl adjacent to an activating group) is 1. The van der Waals surface area contributed by atoms with Crippen LogP contribution in [0.1, 0.15) is 31.2 Å². The number of hydrogen-bond acceptors (Lipinski definition) is 4. The van der Waals surface area contributed by atoms with Crippen molar-refractivity contribution in [2.24, 2.45) is 0 Å². The minimum atomic E-state index is -0.301. The Morgan fingerprint density at radius 3 is 2.88 bits per heavy atom. The van der Waals surface area contributed by atoms with Crippen molar-refractivity contribution >= 4 is 23.2 Å². The van der Waals surface area contributed by atoms with E-state index in [0.29, 0.717) is 0 Å². The van der Waals surface area contributed by atoms with E-state index in [-0.39, 0.29) is 22.5 Å². The van der Waals surface area contributed by atoms with Crippen LogP contribution in [-0.2, 0) is 4.79 Å². The third-order valence-electron chi connectivity index (χ3n) is 3.77. The maximum atomic E-state index is 12.2. The number of nitrogens with zero attached hydrogens (tertiary/aromatic N) is 3. The Kier molecular flexibility index (Phi) is 1.84. The summed E-state index contributed by atoms with van der Waals surface area (Å²) in [6.45, 7) is 1.92. The first-order valence-corrected chi connectivity index (χ1v) is 5.74. The SMILES string of the molecule is CC1C(=O)C2(CC2)N(C)c2nc(Cl)ncc21. The highest BCUT2D eigenvalue weighted by molar-refractivity contribution is 6.28. The Bertz CT molecular complexity index is 484. The van der Waals surface area contributed by atoms with Crippen molar-refractivity contribution in [1.29, 1.82) is 0 Å². The maximum Gasteiger partial charge on any atom is 0.224 e. The van der Waals surface area contributed by atoms with Gasteiger partial charge in [-0.2, -0.15) is 0 Å². The summed E-state index contributed by atoms with van der Waals surface area (Å²) in [5, 5.41) is 0.239. The molecule has 2 heterocycles. The maximum absolute atomic E-state index is 12.2. The van der Waals surface area contributed by atoms with Gasteiger partial charge in [-0.1, -0.05) is 6.92 Å². The summed E-state index contributed by atoms with van der Waals surface area (Å²) < 4.78 is 0. The average molecular weight is 238 g/mol. The zero-order valence-electron chi connectivity index (χ0n) is 9.20. The molecule has 0 bridgehead atoms. The molecule has 3 rings (SSSR count). The van der Waals surface area contributed by atoms with E-state index in [9.17, 15) is 4.79 Å². The normalized spacial score (nSPS) is 25.8. The number of halogens is 1. The molecule has 0 N–H and O–H groups in total. The highest BCUT2D eigenvalue weighted by Crippen LogP contribution is 2.51. The van der Waals surface area contributed by atoms with Gasteiger partial charge in [0, 0.05) is 24.7 Å². The van der Waals surface area contributed by atoms with Gasteiger partial charge in [-0.05, 0) is 24.4 Å². The molecule has 1 unspecified atom stereocenters. The number of Topliss-reactive ketones (excluding diaryl/α,β-unsaturated/α-hetero) is 1. The van der Waals surface area contributed by atoms with E-state index in [1.165, 1.54) is 0 Å². The topological polar surface area (TPSA) is 46.1 Å². The third-order valence-corrected chi connectivity index (χ3v) is 3.95. The van der Waals surface area contributed by atoms with Crippen molar-refractivity contribution in [1.82, 2.24) is 9.97 Å². The Morgan fingerprint density at radius 1 is 1.56 bits per heavy atom. The smallest absolute Gasteiger partial charge is 0.224 e. The molecule has 1 saturated carbocycles. The number of rotatable bonds is 0. The van der Waals surface area contributed by atoms with Crippen LogP contribution in [0.5, 0.6) is 0 Å². The molecule has 16 heavy (non-hydrogen) atoms. The molecule has 1 aliphatic heterocycles. The van der Waals surface area contributed by atoms with E-state index in [4.69, 9.17) is 11.6 Å². The van der Waals surface area contributed by atoms with Gasteiger partial charge < -0.3 is 4.90 Å². The number of ketones is 1. The molecule has 0 radical (unpaired) electrons. The van der Waals surface area contributed by atoms with Crippen LogP contribution in [0.4, 0.5) is 5.82 Å². The summed E-state index contributed by atoms with van der Waals surface area (Å²) in [7, 11) is 1.92. The van der Waals surface area contributed by atoms with Gasteiger partial charge in [0.05, 0.1) is 0 Å². The molecule has 1 aliphatic carbocycles. The van der Waals surface area contributed by atoms with E-state index in [1.807, 2.05) is 18.9 Å². The largest absolute Gasteiger partial charge is 0.347 e. The molecule has 1 aromatic rings. The van der Waals surface area contributed by atoms with Crippen LogP contribution in [0, 0.1) is 0 Å². The second kappa shape index (κ2) is 2.94. The molecular formula is C11H12ClN3O. The van der Waals surface area contributed by atoms with Crippen LogP contribution in [0.25, 0.3) is 0 Å². The van der Waals surface area contributed by atoms with Crippen LogP contribution < -0.4 is 4.90 Å². The Morgan fingerprint density at radius 2 is 2.25 bits per heavy atom. The number of anilines is 1. The first-order chi connectivity index (χ1) is 7.56. The average Bonchev–Trinajstić information content (AvgIpc) is 3.05. The summed E-state index contributed by atoms with van der Waals surface area (Å²) in [6, 6.07) is 0. The molecule has 2 aliphatic rings. The molecule has 1 aromatic heterocycles. The lowest BCUT2D eigenvalue weighted by molar-refractivity contribution is -0.122. The highest BCUT2D eigenvalue weighted by atomic mass is 35.5. The van der Waals surface area contributed by atoms with Gasteiger partial charge in [-0.3, -0.25) is 4.79 Å². The van der Waals surface area contributed by atoms with Gasteiger partial charge in [0.25, 0.3) is 0 Å². The minimum absolute atomic E-state index is 0.119. The zero-order chi connectivity index (χ0) is 11.5. The van der Waals surface area contributed by atoms with Gasteiger partial charge in [-0.15, -0.1) is 0 Å². The van der Waals surface area contributed by atoms with Crippen molar-refractivity contribution in [3.05, 3.63) is 17.0 Å². The van der Waals surface area contributed by atoms with Crippen LogP contribution in [0.3, 0.4) is 0 Å². The van der Waals surface area contributed by atoms with E-state index < -0.39 is 0 Å². The van der Waals surface area contributed by atoms with Gasteiger partial charge in [0.1, 0.15) is 11.4 Å². The standard InChI is InChI=1S/C11H12ClN3O/c1-6-7-5-13-10(12)14-9(7)15(2)11(3-4-11)8(6)16/h5-6H,3-4H2,1-2H3. The van der Waals surface area contributed by atoms with E-state index in [2.05, 4.69) is 9.97 Å². The van der Waals surface area contributed by atoms with Gasteiger partial charge in [0.15, 0.2) is 5.78 Å². The second-order valence-corrected chi connectivity index (χ2v) is 4.93. The highest BCUT2D eigenvalue weighted by Gasteiger charge is 2.58. The predicted octanol–water partition coefficient (Wildman–Crippen LogP) is 1.78. The summed E-state index contributed by atoms with van der Waals surface area (Å²) in [5.41, 5.74) is 0.582. The van der Waals surface area contributed by atoms with Crippen LogP contribution in [0.2, 0.25) is 5.28 Å². The fraction of sp³-hybridized carbons (Fsp3) is 0.545. The monoisotopic (exact) mass is 237 g/mol. The minimum Gasteiger partial charge on any atom is -0.347 e. The molecule has 0 saturated heterocycles. The van der Waals surface area contributed by atoms with Crippen LogP contribution in [-0.4, -0.2) is 28.3 Å². The van der Waals surface area contributed by atoms with Gasteiger partial charge in [0.2, 0.25) is 5.28 Å². The third kappa shape index (κ3) is 1.08. The lowest BCUT2D eigenvalue weighted by atomic mass is 9.87. The number of fused-ring (bicyclic) bond motifs is 1. The Labute approximate surface area is 98.6 Å². The number of carbonyl (C=O) groups is 1. The molecule has 1 fully saturated rings. The fourth-order valence-electron chi connectivity index (χ4n) is 2.55. The first-order valence-electron chi connectivity index (χ1n) is 5.37. The summed E-state index contributed by atoms with van der Waals surface area (Å²) in [4.78, 5) is 22.4. The predicted molar refractivity (Wildman–Crippen MR) is 60.8 cm³/mol. The molecule has 4 nitrogen and oxygen atoms in total. The summed E-state index contributed by atoms with van der Waals surface area (Å²) in [5.74, 6) is 0.976. The van der Waals surface area contributed by atoms with E-state index in [0.717, 1.165) is 24.2 Å². The lowest BCUT2D eigenvalue weighted by Gasteiger charge is -2.36. The van der Waals surface area contributed by atoms with Crippen LogP contribution >= 0.6 is 11.6 Å². The molecular weight excluding hydrogens is 226 g/mol. The van der Waals surface area contributed by atoms with E-state index in [1.54, 1.807) is 6.20 Å². The fourth-order valence-corrected chi connectivity index (χ4v) is 2.68. The second-order valence-electron chi connectivity index (χ2n) is 4.59. The van der Waals surface area contributed by atoms with Crippen molar-refractivity contribution in [3.8, 4) is 0 Å². The van der Waals surface area contributed by atoms with Crippen LogP contribution in [0.15, 0.2) is 6.20 Å². The molecule has 84 valence electrons. The van der Waals surface area contributed by atoms with Crippen molar-refractivity contribution in [2.45, 2.75) is 31.2 Å². The van der Waals surface area contributed by atoms with E-state index >= 15 is 0 Å².